The van der Waals surface area contributed by atoms with Crippen molar-refractivity contribution in [1.82, 2.24) is 0 Å². The van der Waals surface area contributed by atoms with Crippen molar-refractivity contribution in [2.45, 2.75) is 30.7 Å². The number of nitrogens with one attached hydrogen (secondary N) is 1. The first-order valence-electron chi connectivity index (χ1n) is 6.59. The van der Waals surface area contributed by atoms with Gasteiger partial charge < -0.3 is 5.32 Å². The molecule has 0 aliphatic carbocycles. The van der Waals surface area contributed by atoms with Gasteiger partial charge in [-0.05, 0) is 30.7 Å². The third-order valence-corrected chi connectivity index (χ3v) is 4.70. The van der Waals surface area contributed by atoms with E-state index in [9.17, 15) is 23.3 Å². The standard InChI is InChI=1S/C13H15F3N2O2S/c14-13(15,16)11-7-9(4-5-12(11)18(19)20)17-8-10-3-1-2-6-21-10/h4-5,7,10,17H,1-3,6,8H2. The van der Waals surface area contributed by atoms with Crippen molar-refractivity contribution in [3.8, 4) is 0 Å². The predicted molar refractivity (Wildman–Crippen MR) is 76.7 cm³/mol. The molecular weight excluding hydrogens is 305 g/mol. The maximum absolute atomic E-state index is 12.8. The Hall–Kier alpha value is -1.44. The van der Waals surface area contributed by atoms with Gasteiger partial charge >= 0.3 is 6.18 Å². The molecule has 1 aromatic rings. The molecule has 1 fully saturated rings. The molecule has 1 N–H and O–H groups in total. The molecule has 0 radical (unpaired) electrons. The molecule has 1 aliphatic heterocycles. The van der Waals surface area contributed by atoms with Gasteiger partial charge in [0, 0.05) is 23.5 Å². The van der Waals surface area contributed by atoms with Gasteiger partial charge in [0.25, 0.3) is 5.69 Å². The highest BCUT2D eigenvalue weighted by Gasteiger charge is 2.38. The minimum absolute atomic E-state index is 0.263. The molecule has 0 aromatic heterocycles. The zero-order chi connectivity index (χ0) is 15.5. The third-order valence-electron chi connectivity index (χ3n) is 3.31. The van der Waals surface area contributed by atoms with Crippen molar-refractivity contribution < 1.29 is 18.1 Å². The van der Waals surface area contributed by atoms with Crippen LogP contribution in [-0.2, 0) is 6.18 Å². The molecule has 2 rings (SSSR count). The second kappa shape index (κ2) is 6.55. The number of hydrogen-bond donors (Lipinski definition) is 1. The second-order valence-corrected chi connectivity index (χ2v) is 6.26. The van der Waals surface area contributed by atoms with Gasteiger partial charge in [-0.1, -0.05) is 6.42 Å². The Morgan fingerprint density at radius 1 is 1.38 bits per heavy atom. The zero-order valence-electron chi connectivity index (χ0n) is 11.2. The van der Waals surface area contributed by atoms with E-state index in [2.05, 4.69) is 5.32 Å². The molecular formula is C13H15F3N2O2S. The minimum atomic E-state index is -4.74. The molecule has 1 aromatic carbocycles. The number of rotatable bonds is 4. The van der Waals surface area contributed by atoms with Crippen molar-refractivity contribution in [2.24, 2.45) is 0 Å². The molecule has 1 aliphatic rings. The number of nitro groups is 1. The monoisotopic (exact) mass is 320 g/mol. The average Bonchev–Trinajstić information content (AvgIpc) is 2.45. The largest absolute Gasteiger partial charge is 0.423 e. The van der Waals surface area contributed by atoms with E-state index >= 15 is 0 Å². The fourth-order valence-electron chi connectivity index (χ4n) is 2.23. The van der Waals surface area contributed by atoms with Gasteiger partial charge in [0.2, 0.25) is 0 Å². The van der Waals surface area contributed by atoms with Gasteiger partial charge in [0.15, 0.2) is 0 Å². The summed E-state index contributed by atoms with van der Waals surface area (Å²) in [7, 11) is 0. The van der Waals surface area contributed by atoms with Crippen molar-refractivity contribution >= 4 is 23.1 Å². The molecule has 0 amide bonds. The van der Waals surface area contributed by atoms with Crippen LogP contribution >= 0.6 is 11.8 Å². The summed E-state index contributed by atoms with van der Waals surface area (Å²) in [5.41, 5.74) is -1.87. The van der Waals surface area contributed by atoms with Gasteiger partial charge in [-0.3, -0.25) is 10.1 Å². The van der Waals surface area contributed by atoms with E-state index in [0.29, 0.717) is 11.8 Å². The van der Waals surface area contributed by atoms with E-state index in [0.717, 1.165) is 30.7 Å². The van der Waals surface area contributed by atoms with E-state index in [1.54, 1.807) is 0 Å². The lowest BCUT2D eigenvalue weighted by Gasteiger charge is -2.22. The smallest absolute Gasteiger partial charge is 0.384 e. The zero-order valence-corrected chi connectivity index (χ0v) is 12.0. The molecule has 8 heteroatoms. The van der Waals surface area contributed by atoms with Crippen LogP contribution in [0.5, 0.6) is 0 Å². The number of anilines is 1. The van der Waals surface area contributed by atoms with Crippen LogP contribution in [0.4, 0.5) is 24.5 Å². The second-order valence-electron chi connectivity index (χ2n) is 4.86. The van der Waals surface area contributed by atoms with Crippen LogP contribution in [0.3, 0.4) is 0 Å². The summed E-state index contributed by atoms with van der Waals surface area (Å²) in [6.07, 6.45) is -1.39. The van der Waals surface area contributed by atoms with E-state index < -0.39 is 22.4 Å². The Labute approximate surface area is 124 Å². The van der Waals surface area contributed by atoms with Crippen LogP contribution in [0.1, 0.15) is 24.8 Å². The van der Waals surface area contributed by atoms with Crippen LogP contribution in [0.25, 0.3) is 0 Å². The van der Waals surface area contributed by atoms with Gasteiger partial charge in [-0.15, -0.1) is 0 Å². The summed E-state index contributed by atoms with van der Waals surface area (Å²) in [5, 5.41) is 14.0. The molecule has 1 heterocycles. The number of benzene rings is 1. The van der Waals surface area contributed by atoms with Gasteiger partial charge in [-0.2, -0.15) is 24.9 Å². The Bertz CT molecular complexity index is 517. The number of thioether (sulfide) groups is 1. The van der Waals surface area contributed by atoms with Crippen LogP contribution < -0.4 is 5.32 Å². The molecule has 1 atom stereocenters. The summed E-state index contributed by atoms with van der Waals surface area (Å²) in [5.74, 6) is 1.07. The average molecular weight is 320 g/mol. The van der Waals surface area contributed by atoms with Gasteiger partial charge in [0.1, 0.15) is 5.56 Å². The lowest BCUT2D eigenvalue weighted by molar-refractivity contribution is -0.388. The number of alkyl halides is 3. The maximum Gasteiger partial charge on any atom is 0.423 e. The molecule has 1 saturated heterocycles. The predicted octanol–water partition coefficient (Wildman–Crippen LogP) is 4.31. The molecule has 116 valence electrons. The van der Waals surface area contributed by atoms with E-state index in [1.165, 1.54) is 12.5 Å². The van der Waals surface area contributed by atoms with Crippen molar-refractivity contribution in [1.29, 1.82) is 0 Å². The Balaban J connectivity index is 2.11. The molecule has 1 unspecified atom stereocenters. The molecule has 0 bridgehead atoms. The molecule has 4 nitrogen and oxygen atoms in total. The van der Waals surface area contributed by atoms with Gasteiger partial charge in [-0.25, -0.2) is 0 Å². The van der Waals surface area contributed by atoms with Gasteiger partial charge in [0.05, 0.1) is 4.92 Å². The third kappa shape index (κ3) is 4.26. The Morgan fingerprint density at radius 2 is 2.14 bits per heavy atom. The SMILES string of the molecule is O=[N+]([O-])c1ccc(NCC2CCCCS2)cc1C(F)(F)F. The van der Waals surface area contributed by atoms with Crippen molar-refractivity contribution in [3.05, 3.63) is 33.9 Å². The highest BCUT2D eigenvalue weighted by molar-refractivity contribution is 7.99. The van der Waals surface area contributed by atoms with Crippen LogP contribution in [-0.4, -0.2) is 22.5 Å². The number of nitro benzene ring substituents is 1. The quantitative estimate of drug-likeness (QED) is 0.663. The highest BCUT2D eigenvalue weighted by atomic mass is 32.2. The fourth-order valence-corrected chi connectivity index (χ4v) is 3.47. The topological polar surface area (TPSA) is 55.2 Å². The highest BCUT2D eigenvalue weighted by Crippen LogP contribution is 2.37. The van der Waals surface area contributed by atoms with E-state index in [4.69, 9.17) is 0 Å². The summed E-state index contributed by atoms with van der Waals surface area (Å²) < 4.78 is 38.5. The van der Waals surface area contributed by atoms with E-state index in [1.807, 2.05) is 11.8 Å². The van der Waals surface area contributed by atoms with Crippen molar-refractivity contribution in [2.75, 3.05) is 17.6 Å². The van der Waals surface area contributed by atoms with E-state index in [-0.39, 0.29) is 5.69 Å². The number of halogens is 3. The summed E-state index contributed by atoms with van der Waals surface area (Å²) in [6, 6.07) is 3.03. The number of nitrogens with zero attached hydrogens (tertiary/aromatic N) is 1. The maximum atomic E-state index is 12.8. The summed E-state index contributed by atoms with van der Waals surface area (Å²) in [6.45, 7) is 0.569. The fraction of sp³-hybridized carbons (Fsp3) is 0.538. The van der Waals surface area contributed by atoms with Crippen LogP contribution in [0, 0.1) is 10.1 Å². The summed E-state index contributed by atoms with van der Waals surface area (Å²) in [4.78, 5) is 9.66. The van der Waals surface area contributed by atoms with Crippen LogP contribution in [0.2, 0.25) is 0 Å². The summed E-state index contributed by atoms with van der Waals surface area (Å²) >= 11 is 1.81. The first-order valence-corrected chi connectivity index (χ1v) is 7.64. The molecule has 0 saturated carbocycles. The normalized spacial score (nSPS) is 19.3. The Morgan fingerprint density at radius 3 is 2.71 bits per heavy atom. The first-order chi connectivity index (χ1) is 9.88. The minimum Gasteiger partial charge on any atom is -0.384 e. The van der Waals surface area contributed by atoms with Crippen molar-refractivity contribution in [3.63, 3.8) is 0 Å². The molecule has 21 heavy (non-hydrogen) atoms. The first kappa shape index (κ1) is 15.9. The van der Waals surface area contributed by atoms with Crippen LogP contribution in [0.15, 0.2) is 18.2 Å². The molecule has 0 spiro atoms. The number of hydrogen-bond acceptors (Lipinski definition) is 4. The Kier molecular flexibility index (Phi) is 4.97. The lowest BCUT2D eigenvalue weighted by Crippen LogP contribution is -2.20. The lowest BCUT2D eigenvalue weighted by atomic mass is 10.1.